The van der Waals surface area contributed by atoms with E-state index in [1.165, 1.54) is 12.0 Å². The number of rotatable bonds is 6. The van der Waals surface area contributed by atoms with E-state index in [9.17, 15) is 27.2 Å². The van der Waals surface area contributed by atoms with Gasteiger partial charge in [-0.25, -0.2) is 12.8 Å². The Morgan fingerprint density at radius 2 is 1.97 bits per heavy atom. The van der Waals surface area contributed by atoms with Crippen molar-refractivity contribution >= 4 is 27.7 Å². The molecule has 0 aromatic heterocycles. The molecule has 0 radical (unpaired) electrons. The molecule has 10 nitrogen and oxygen atoms in total. The maximum atomic E-state index is 13.3. The smallest absolute Gasteiger partial charge is 0.248 e. The average molecular weight is 456 g/mol. The highest BCUT2D eigenvalue weighted by Crippen LogP contribution is 2.23. The van der Waals surface area contributed by atoms with Crippen LogP contribution in [0, 0.1) is 5.82 Å². The van der Waals surface area contributed by atoms with Gasteiger partial charge in [0.25, 0.3) is 0 Å². The number of hydrogen-bond donors (Lipinski definition) is 2. The second kappa shape index (κ2) is 9.71. The molecule has 2 N–H and O–H groups in total. The average Bonchev–Trinajstić information content (AvgIpc) is 2.75. The molecule has 2 aliphatic rings. The van der Waals surface area contributed by atoms with Crippen LogP contribution in [0.2, 0.25) is 0 Å². The number of piperazine rings is 1. The molecule has 0 aliphatic carbocycles. The van der Waals surface area contributed by atoms with Crippen LogP contribution in [0.25, 0.3) is 0 Å². The lowest BCUT2D eigenvalue weighted by Gasteiger charge is -2.40. The molecular formula is C19H25FN4O6S. The molecule has 2 heterocycles. The second-order valence-corrected chi connectivity index (χ2v) is 9.24. The zero-order chi connectivity index (χ0) is 22.6. The number of ether oxygens (including phenoxy) is 1. The van der Waals surface area contributed by atoms with Crippen LogP contribution in [0.5, 0.6) is 0 Å². The fourth-order valence-electron chi connectivity index (χ4n) is 3.63. The number of amides is 3. The van der Waals surface area contributed by atoms with Gasteiger partial charge in [0.15, 0.2) is 0 Å². The third kappa shape index (κ3) is 5.20. The van der Waals surface area contributed by atoms with Crippen molar-refractivity contribution in [2.24, 2.45) is 0 Å². The summed E-state index contributed by atoms with van der Waals surface area (Å²) >= 11 is 0. The van der Waals surface area contributed by atoms with E-state index in [-0.39, 0.29) is 43.0 Å². The highest BCUT2D eigenvalue weighted by molar-refractivity contribution is 7.89. The molecule has 1 aromatic carbocycles. The molecule has 2 aliphatic heterocycles. The van der Waals surface area contributed by atoms with E-state index in [1.54, 1.807) is 0 Å². The van der Waals surface area contributed by atoms with Gasteiger partial charge in [-0.1, -0.05) is 0 Å². The number of methoxy groups -OCH3 is 1. The lowest BCUT2D eigenvalue weighted by atomic mass is 10.1. The topological polar surface area (TPSA) is 125 Å². The Balaban J connectivity index is 1.87. The van der Waals surface area contributed by atoms with Crippen LogP contribution >= 0.6 is 0 Å². The van der Waals surface area contributed by atoms with Gasteiger partial charge in [-0.05, 0) is 37.1 Å². The lowest BCUT2D eigenvalue weighted by molar-refractivity contribution is -0.140. The maximum absolute atomic E-state index is 13.3. The summed E-state index contributed by atoms with van der Waals surface area (Å²) < 4.78 is 45.5. The molecule has 0 unspecified atom stereocenters. The largest absolute Gasteiger partial charge is 0.375 e. The summed E-state index contributed by atoms with van der Waals surface area (Å²) in [6.45, 7) is 0.0479. The van der Waals surface area contributed by atoms with Crippen molar-refractivity contribution in [3.05, 3.63) is 30.1 Å². The summed E-state index contributed by atoms with van der Waals surface area (Å²) in [4.78, 5) is 38.5. The number of halogens is 1. The third-order valence-corrected chi connectivity index (χ3v) is 7.20. The third-order valence-electron chi connectivity index (χ3n) is 5.28. The molecule has 3 rings (SSSR count). The van der Waals surface area contributed by atoms with Crippen LogP contribution in [-0.2, 0) is 29.1 Å². The van der Waals surface area contributed by atoms with Crippen LogP contribution in [0.4, 0.5) is 4.39 Å². The van der Waals surface area contributed by atoms with Crippen molar-refractivity contribution in [1.29, 1.82) is 0 Å². The zero-order valence-corrected chi connectivity index (χ0v) is 17.9. The summed E-state index contributed by atoms with van der Waals surface area (Å²) in [5.74, 6) is -1.99. The van der Waals surface area contributed by atoms with E-state index in [1.807, 2.05) is 0 Å². The van der Waals surface area contributed by atoms with Crippen LogP contribution in [0.3, 0.4) is 0 Å². The van der Waals surface area contributed by atoms with Crippen molar-refractivity contribution in [2.75, 3.05) is 39.9 Å². The van der Waals surface area contributed by atoms with Crippen molar-refractivity contribution in [3.63, 3.8) is 0 Å². The first-order valence-corrected chi connectivity index (χ1v) is 11.3. The Morgan fingerprint density at radius 1 is 1.26 bits per heavy atom. The minimum atomic E-state index is -4.15. The number of carbonyl (C=O) groups excluding carboxylic acids is 3. The van der Waals surface area contributed by atoms with Gasteiger partial charge >= 0.3 is 0 Å². The molecule has 31 heavy (non-hydrogen) atoms. The Bertz CT molecular complexity index is 939. The fraction of sp³-hybridized carbons (Fsp3) is 0.526. The summed E-state index contributed by atoms with van der Waals surface area (Å²) in [5.41, 5.74) is 0. The Hall–Kier alpha value is -2.57. The van der Waals surface area contributed by atoms with Crippen molar-refractivity contribution in [3.8, 4) is 0 Å². The molecule has 0 bridgehead atoms. The normalized spacial score (nSPS) is 22.6. The van der Waals surface area contributed by atoms with Gasteiger partial charge in [-0.3, -0.25) is 14.4 Å². The van der Waals surface area contributed by atoms with E-state index in [0.29, 0.717) is 19.4 Å². The molecule has 0 saturated carbocycles. The van der Waals surface area contributed by atoms with Crippen molar-refractivity contribution < 1.29 is 31.9 Å². The van der Waals surface area contributed by atoms with Crippen molar-refractivity contribution in [2.45, 2.75) is 29.8 Å². The van der Waals surface area contributed by atoms with E-state index in [2.05, 4.69) is 10.6 Å². The molecule has 2 saturated heterocycles. The van der Waals surface area contributed by atoms with E-state index in [0.717, 1.165) is 28.6 Å². The molecular weight excluding hydrogens is 431 g/mol. The number of hydrogen-bond acceptors (Lipinski definition) is 6. The molecule has 2 fully saturated rings. The summed E-state index contributed by atoms with van der Waals surface area (Å²) in [6.07, 6.45) is 1.11. The Morgan fingerprint density at radius 3 is 2.61 bits per heavy atom. The number of carbonyl (C=O) groups is 3. The number of benzene rings is 1. The molecule has 2 atom stereocenters. The van der Waals surface area contributed by atoms with Crippen molar-refractivity contribution in [1.82, 2.24) is 19.8 Å². The number of piperidine rings is 1. The molecule has 1 aromatic rings. The van der Waals surface area contributed by atoms with Gasteiger partial charge in [0, 0.05) is 33.3 Å². The minimum absolute atomic E-state index is 0.0658. The highest BCUT2D eigenvalue weighted by atomic mass is 32.2. The standard InChI is InChI=1S/C19H25FN4O6S/c1-30-12-17(25)23-9-10-24(31(28,29)14-6-4-13(20)5-7-14)16(11-23)19(27)22-15-3-2-8-21-18(15)26/h4-7,15-16H,2-3,8-12H2,1H3,(H,21,26)(H,22,27)/t15-,16+/m0/s1. The predicted octanol–water partition coefficient (Wildman–Crippen LogP) is -0.932. The number of nitrogens with one attached hydrogen (secondary N) is 2. The SMILES string of the molecule is COCC(=O)N1CCN(S(=O)(=O)c2ccc(F)cc2)[C@@H](C(=O)N[C@H]2CCCNC2=O)C1. The van der Waals surface area contributed by atoms with Crippen LogP contribution in [-0.4, -0.2) is 87.3 Å². The fourth-order valence-corrected chi connectivity index (χ4v) is 5.20. The van der Waals surface area contributed by atoms with Gasteiger partial charge < -0.3 is 20.3 Å². The minimum Gasteiger partial charge on any atom is -0.375 e. The highest BCUT2D eigenvalue weighted by Gasteiger charge is 2.42. The molecule has 3 amide bonds. The first-order valence-electron chi connectivity index (χ1n) is 9.86. The quantitative estimate of drug-likeness (QED) is 0.570. The Kier molecular flexibility index (Phi) is 7.23. The van der Waals surface area contributed by atoms with Gasteiger partial charge in [-0.2, -0.15) is 4.31 Å². The first kappa shape index (κ1) is 23.1. The maximum Gasteiger partial charge on any atom is 0.248 e. The monoisotopic (exact) mass is 456 g/mol. The first-order chi connectivity index (χ1) is 14.7. The predicted molar refractivity (Wildman–Crippen MR) is 107 cm³/mol. The van der Waals surface area contributed by atoms with Gasteiger partial charge in [-0.15, -0.1) is 0 Å². The van der Waals surface area contributed by atoms with Crippen LogP contribution in [0.1, 0.15) is 12.8 Å². The van der Waals surface area contributed by atoms with Gasteiger partial charge in [0.1, 0.15) is 24.5 Å². The summed E-state index contributed by atoms with van der Waals surface area (Å²) in [6, 6.07) is 2.26. The summed E-state index contributed by atoms with van der Waals surface area (Å²) in [7, 11) is -2.79. The number of nitrogens with zero attached hydrogens (tertiary/aromatic N) is 2. The summed E-state index contributed by atoms with van der Waals surface area (Å²) in [5, 5.41) is 5.26. The van der Waals surface area contributed by atoms with Gasteiger partial charge in [0.05, 0.1) is 4.90 Å². The molecule has 12 heteroatoms. The van der Waals surface area contributed by atoms with Gasteiger partial charge in [0.2, 0.25) is 27.7 Å². The van der Waals surface area contributed by atoms with E-state index >= 15 is 0 Å². The second-order valence-electron chi connectivity index (χ2n) is 7.35. The molecule has 170 valence electrons. The van der Waals surface area contributed by atoms with E-state index < -0.39 is 33.8 Å². The molecule has 0 spiro atoms. The zero-order valence-electron chi connectivity index (χ0n) is 17.0. The van der Waals surface area contributed by atoms with Crippen LogP contribution in [0.15, 0.2) is 29.2 Å². The van der Waals surface area contributed by atoms with Crippen LogP contribution < -0.4 is 10.6 Å². The van der Waals surface area contributed by atoms with E-state index in [4.69, 9.17) is 4.74 Å². The Labute approximate surface area is 179 Å². The lowest BCUT2D eigenvalue weighted by Crippen LogP contribution is -2.63. The number of sulfonamides is 1.